The van der Waals surface area contributed by atoms with Gasteiger partial charge in [0.25, 0.3) is 0 Å². The minimum atomic E-state index is 0.433. The Kier molecular flexibility index (Phi) is 4.20. The van der Waals surface area contributed by atoms with E-state index in [4.69, 9.17) is 17.2 Å². The molecule has 132 valence electrons. The van der Waals surface area contributed by atoms with Gasteiger partial charge in [0.2, 0.25) is 4.77 Å². The number of hydrogen-bond donors (Lipinski definition) is 2. The van der Waals surface area contributed by atoms with Crippen LogP contribution in [0.1, 0.15) is 23.9 Å². The van der Waals surface area contributed by atoms with E-state index < -0.39 is 0 Å². The molecule has 1 aliphatic heterocycles. The fourth-order valence-electron chi connectivity index (χ4n) is 3.63. The molecule has 0 saturated carbocycles. The quantitative estimate of drug-likeness (QED) is 0.514. The molecule has 8 heteroatoms. The van der Waals surface area contributed by atoms with E-state index in [2.05, 4.69) is 45.8 Å². The maximum atomic E-state index is 5.49. The number of aromatic nitrogens is 4. The van der Waals surface area contributed by atoms with Crippen molar-refractivity contribution < 1.29 is 4.90 Å². The fourth-order valence-corrected chi connectivity index (χ4v) is 5.65. The normalized spacial score (nSPS) is 20.2. The van der Waals surface area contributed by atoms with Crippen LogP contribution in [0.4, 0.5) is 0 Å². The molecule has 1 aromatic carbocycles. The number of benzene rings is 1. The lowest BCUT2D eigenvalue weighted by molar-refractivity contribution is -0.941. The van der Waals surface area contributed by atoms with Crippen molar-refractivity contribution >= 4 is 45.1 Å². The highest BCUT2D eigenvalue weighted by molar-refractivity contribution is 7.71. The summed E-state index contributed by atoms with van der Waals surface area (Å²) in [6.45, 7) is 1.94. The van der Waals surface area contributed by atoms with E-state index in [0.29, 0.717) is 10.8 Å². The summed E-state index contributed by atoms with van der Waals surface area (Å²) in [6.07, 6.45) is 2.39. The molecular weight excluding hydrogens is 382 g/mol. The number of quaternary nitrogens is 1. The first-order valence-corrected chi connectivity index (χ1v) is 10.8. The predicted octanol–water partition coefficient (Wildman–Crippen LogP) is 3.66. The smallest absolute Gasteiger partial charge is 0.221 e. The van der Waals surface area contributed by atoms with E-state index >= 15 is 0 Å². The summed E-state index contributed by atoms with van der Waals surface area (Å²) >= 11 is 8.99. The van der Waals surface area contributed by atoms with Gasteiger partial charge in [0.15, 0.2) is 17.5 Å². The van der Waals surface area contributed by atoms with Crippen LogP contribution in [-0.4, -0.2) is 26.3 Å². The molecule has 0 bridgehead atoms. The summed E-state index contributed by atoms with van der Waals surface area (Å²) in [5, 5.41) is 6.68. The van der Waals surface area contributed by atoms with Gasteiger partial charge >= 0.3 is 0 Å². The van der Waals surface area contributed by atoms with Gasteiger partial charge in [0.05, 0.1) is 21.6 Å². The van der Waals surface area contributed by atoms with Crippen LogP contribution >= 0.6 is 34.9 Å². The van der Waals surface area contributed by atoms with E-state index in [0.717, 1.165) is 29.4 Å². The second-order valence-corrected chi connectivity index (χ2v) is 8.92. The average molecular weight is 401 g/mol. The van der Waals surface area contributed by atoms with Crippen LogP contribution in [0, 0.1) is 4.77 Å². The van der Waals surface area contributed by atoms with Gasteiger partial charge in [-0.05, 0) is 35.8 Å². The molecule has 2 atom stereocenters. The van der Waals surface area contributed by atoms with Crippen LogP contribution < -0.4 is 4.90 Å². The lowest BCUT2D eigenvalue weighted by Crippen LogP contribution is -3.09. The second-order valence-electron chi connectivity index (χ2n) is 6.54. The molecule has 1 unspecified atom stereocenters. The van der Waals surface area contributed by atoms with Crippen LogP contribution in [0.15, 0.2) is 41.8 Å². The topological polar surface area (TPSA) is 50.9 Å². The predicted molar refractivity (Wildman–Crippen MR) is 108 cm³/mol. The number of H-pyrrole nitrogens is 1. The fraction of sp³-hybridized carbons (Fsp3) is 0.278. The third-order valence-electron chi connectivity index (χ3n) is 4.89. The number of nitrogens with one attached hydrogen (secondary N) is 2. The van der Waals surface area contributed by atoms with Crippen molar-refractivity contribution in [3.8, 4) is 10.7 Å². The Hall–Kier alpha value is -1.87. The van der Waals surface area contributed by atoms with E-state index in [1.807, 2.05) is 22.1 Å². The Labute approximate surface area is 163 Å². The van der Waals surface area contributed by atoms with E-state index in [-0.39, 0.29) is 0 Å². The molecule has 0 spiro atoms. The first kappa shape index (κ1) is 16.3. The van der Waals surface area contributed by atoms with Gasteiger partial charge in [-0.3, -0.25) is 5.10 Å². The molecule has 2 N–H and O–H groups in total. The third kappa shape index (κ3) is 2.92. The van der Waals surface area contributed by atoms with Gasteiger partial charge in [0.1, 0.15) is 6.04 Å². The highest BCUT2D eigenvalue weighted by Gasteiger charge is 2.33. The zero-order valence-corrected chi connectivity index (χ0v) is 16.5. The number of para-hydroxylation sites is 1. The standard InChI is InChI=1S/C18H17N5S3/c24-18-20-16(15-8-4-10-25-15)21-23(18)11-22-9-3-6-13(22)17-19-12-5-1-2-7-14(12)26-17/h1-2,4-5,7-8,10,13H,3,6,9,11H2,(H,20,21,24)/p+1/t13-/m1/s1. The number of nitrogens with zero attached hydrogens (tertiary/aromatic N) is 3. The van der Waals surface area contributed by atoms with E-state index in [1.54, 1.807) is 11.3 Å². The first-order chi connectivity index (χ1) is 12.8. The number of thiazole rings is 1. The summed E-state index contributed by atoms with van der Waals surface area (Å²) in [5.41, 5.74) is 1.11. The van der Waals surface area contributed by atoms with E-state index in [9.17, 15) is 0 Å². The Morgan fingerprint density at radius 3 is 3.00 bits per heavy atom. The van der Waals surface area contributed by atoms with Gasteiger partial charge in [-0.2, -0.15) is 4.98 Å². The Morgan fingerprint density at radius 1 is 1.23 bits per heavy atom. The summed E-state index contributed by atoms with van der Waals surface area (Å²) in [5.74, 6) is 0.861. The molecule has 5 nitrogen and oxygen atoms in total. The molecule has 1 saturated heterocycles. The maximum absolute atomic E-state index is 5.49. The van der Waals surface area contributed by atoms with Crippen molar-refractivity contribution in [1.29, 1.82) is 0 Å². The molecule has 4 aromatic rings. The van der Waals surface area contributed by atoms with Gasteiger partial charge in [-0.1, -0.05) is 18.2 Å². The number of fused-ring (bicyclic) bond motifs is 1. The lowest BCUT2D eigenvalue weighted by atomic mass is 10.2. The Bertz CT molecular complexity index is 1060. The molecular formula is C18H18N5S3+. The van der Waals surface area contributed by atoms with Gasteiger partial charge in [-0.25, -0.2) is 9.67 Å². The van der Waals surface area contributed by atoms with Crippen molar-refractivity contribution in [2.45, 2.75) is 25.6 Å². The van der Waals surface area contributed by atoms with E-state index in [1.165, 1.54) is 27.4 Å². The number of thiophene rings is 1. The van der Waals surface area contributed by atoms with Crippen molar-refractivity contribution in [2.75, 3.05) is 6.54 Å². The molecule has 3 aromatic heterocycles. The Morgan fingerprint density at radius 2 is 2.15 bits per heavy atom. The van der Waals surface area contributed by atoms with Crippen LogP contribution in [0.2, 0.25) is 0 Å². The third-order valence-corrected chi connectivity index (χ3v) is 7.23. The zero-order valence-electron chi connectivity index (χ0n) is 14.0. The second kappa shape index (κ2) is 6.70. The SMILES string of the molecule is S=c1nc(-c2cccs2)[nH]n1C[NH+]1CCC[C@@H]1c1nc2ccccc2s1. The molecule has 1 aliphatic rings. The number of aromatic amines is 1. The van der Waals surface area contributed by atoms with Crippen LogP contribution in [0.3, 0.4) is 0 Å². The number of likely N-dealkylation sites (tertiary alicyclic amines) is 1. The maximum Gasteiger partial charge on any atom is 0.221 e. The molecule has 0 aliphatic carbocycles. The summed E-state index contributed by atoms with van der Waals surface area (Å²) in [6, 6.07) is 12.9. The average Bonchev–Trinajstić information content (AvgIpc) is 3.42. The Balaban J connectivity index is 1.42. The van der Waals surface area contributed by atoms with Gasteiger partial charge in [0, 0.05) is 12.8 Å². The van der Waals surface area contributed by atoms with Crippen LogP contribution in [-0.2, 0) is 6.67 Å². The first-order valence-electron chi connectivity index (χ1n) is 8.69. The summed E-state index contributed by atoms with van der Waals surface area (Å²) < 4.78 is 3.90. The van der Waals surface area contributed by atoms with Crippen LogP contribution in [0.25, 0.3) is 20.9 Å². The van der Waals surface area contributed by atoms with Crippen molar-refractivity contribution in [3.05, 3.63) is 51.6 Å². The molecule has 4 heterocycles. The minimum Gasteiger partial charge on any atom is -0.308 e. The molecule has 26 heavy (non-hydrogen) atoms. The van der Waals surface area contributed by atoms with Crippen molar-refractivity contribution in [1.82, 2.24) is 19.7 Å². The van der Waals surface area contributed by atoms with Gasteiger partial charge < -0.3 is 4.90 Å². The van der Waals surface area contributed by atoms with Gasteiger partial charge in [-0.15, -0.1) is 22.7 Å². The monoisotopic (exact) mass is 400 g/mol. The minimum absolute atomic E-state index is 0.433. The summed E-state index contributed by atoms with van der Waals surface area (Å²) in [4.78, 5) is 12.0. The zero-order chi connectivity index (χ0) is 17.5. The molecule has 0 radical (unpaired) electrons. The van der Waals surface area contributed by atoms with Crippen LogP contribution in [0.5, 0.6) is 0 Å². The largest absolute Gasteiger partial charge is 0.308 e. The molecule has 5 rings (SSSR count). The number of rotatable bonds is 4. The number of hydrogen-bond acceptors (Lipinski definition) is 5. The van der Waals surface area contributed by atoms with Crippen molar-refractivity contribution in [2.24, 2.45) is 0 Å². The highest BCUT2D eigenvalue weighted by atomic mass is 32.1. The lowest BCUT2D eigenvalue weighted by Gasteiger charge is -2.19. The molecule has 1 fully saturated rings. The molecule has 0 amide bonds. The highest BCUT2D eigenvalue weighted by Crippen LogP contribution is 2.28. The summed E-state index contributed by atoms with van der Waals surface area (Å²) in [7, 11) is 0. The van der Waals surface area contributed by atoms with Crippen molar-refractivity contribution in [3.63, 3.8) is 0 Å².